The first-order valence-electron chi connectivity index (χ1n) is 7.54. The summed E-state index contributed by atoms with van der Waals surface area (Å²) in [4.78, 5) is 18.0. The van der Waals surface area contributed by atoms with Gasteiger partial charge in [0.2, 0.25) is 5.91 Å². The first kappa shape index (κ1) is 15.5. The van der Waals surface area contributed by atoms with Crippen molar-refractivity contribution in [1.29, 1.82) is 5.26 Å². The Labute approximate surface area is 140 Å². The van der Waals surface area contributed by atoms with Gasteiger partial charge < -0.3 is 4.57 Å². The fraction of sp³-hybridized carbons (Fsp3) is 0.105. The Morgan fingerprint density at radius 2 is 1.88 bits per heavy atom. The standard InChI is InChI=1S/C19H16N4O/c1-15(24)23(18-5-3-2-4-6-18)19-12-21-14-22(19)13-17-9-7-16(11-20)8-10-17/h2-10,12,14H,13H2,1H3. The fourth-order valence-corrected chi connectivity index (χ4v) is 2.56. The molecule has 0 fully saturated rings. The summed E-state index contributed by atoms with van der Waals surface area (Å²) in [7, 11) is 0. The summed E-state index contributed by atoms with van der Waals surface area (Å²) in [6.45, 7) is 2.10. The molecule has 3 rings (SSSR count). The molecular formula is C19H16N4O. The predicted octanol–water partition coefficient (Wildman–Crippen LogP) is 3.49. The molecule has 0 saturated heterocycles. The van der Waals surface area contributed by atoms with Crippen LogP contribution in [0.2, 0.25) is 0 Å². The molecule has 118 valence electrons. The van der Waals surface area contributed by atoms with E-state index in [1.807, 2.05) is 47.0 Å². The molecular weight excluding hydrogens is 300 g/mol. The van der Waals surface area contributed by atoms with E-state index < -0.39 is 0 Å². The largest absolute Gasteiger partial charge is 0.312 e. The predicted molar refractivity (Wildman–Crippen MR) is 91.7 cm³/mol. The quantitative estimate of drug-likeness (QED) is 0.740. The van der Waals surface area contributed by atoms with E-state index in [4.69, 9.17) is 5.26 Å². The molecule has 3 aromatic rings. The van der Waals surface area contributed by atoms with Crippen LogP contribution in [0, 0.1) is 11.3 Å². The maximum atomic E-state index is 12.2. The maximum absolute atomic E-state index is 12.2. The molecule has 24 heavy (non-hydrogen) atoms. The number of carbonyl (C=O) groups is 1. The number of aromatic nitrogens is 2. The second-order valence-corrected chi connectivity index (χ2v) is 5.38. The molecule has 0 unspecified atom stereocenters. The van der Waals surface area contributed by atoms with Crippen molar-refractivity contribution in [3.63, 3.8) is 0 Å². The van der Waals surface area contributed by atoms with E-state index in [2.05, 4.69) is 11.1 Å². The minimum absolute atomic E-state index is 0.0808. The molecule has 2 aromatic carbocycles. The maximum Gasteiger partial charge on any atom is 0.229 e. The number of hydrogen-bond acceptors (Lipinski definition) is 3. The first-order chi connectivity index (χ1) is 11.7. The molecule has 0 saturated carbocycles. The lowest BCUT2D eigenvalue weighted by Gasteiger charge is -2.22. The minimum atomic E-state index is -0.0808. The van der Waals surface area contributed by atoms with Crippen molar-refractivity contribution in [2.75, 3.05) is 4.90 Å². The highest BCUT2D eigenvalue weighted by Gasteiger charge is 2.18. The van der Waals surface area contributed by atoms with Crippen molar-refractivity contribution in [2.24, 2.45) is 0 Å². The zero-order valence-corrected chi connectivity index (χ0v) is 13.3. The monoisotopic (exact) mass is 316 g/mol. The Bertz CT molecular complexity index is 876. The number of nitrogens with zero attached hydrogens (tertiary/aromatic N) is 4. The highest BCUT2D eigenvalue weighted by Crippen LogP contribution is 2.25. The van der Waals surface area contributed by atoms with Crippen LogP contribution in [0.1, 0.15) is 18.1 Å². The van der Waals surface area contributed by atoms with Crippen molar-refractivity contribution >= 4 is 17.4 Å². The third-order valence-corrected chi connectivity index (χ3v) is 3.68. The second-order valence-electron chi connectivity index (χ2n) is 5.38. The lowest BCUT2D eigenvalue weighted by atomic mass is 10.1. The number of hydrogen-bond donors (Lipinski definition) is 0. The number of nitriles is 1. The summed E-state index contributed by atoms with van der Waals surface area (Å²) >= 11 is 0. The Balaban J connectivity index is 1.93. The van der Waals surface area contributed by atoms with Crippen LogP contribution in [0.5, 0.6) is 0 Å². The number of para-hydroxylation sites is 1. The normalized spacial score (nSPS) is 10.2. The lowest BCUT2D eigenvalue weighted by molar-refractivity contribution is -0.115. The smallest absolute Gasteiger partial charge is 0.229 e. The highest BCUT2D eigenvalue weighted by molar-refractivity contribution is 5.98. The molecule has 0 aliphatic rings. The Hall–Kier alpha value is -3.39. The molecule has 1 heterocycles. The Kier molecular flexibility index (Phi) is 4.39. The molecule has 0 bridgehead atoms. The van der Waals surface area contributed by atoms with Crippen molar-refractivity contribution in [3.8, 4) is 6.07 Å². The average molecular weight is 316 g/mol. The van der Waals surface area contributed by atoms with E-state index in [0.717, 1.165) is 11.3 Å². The molecule has 1 aromatic heterocycles. The number of imidazole rings is 1. The Morgan fingerprint density at radius 1 is 1.17 bits per heavy atom. The minimum Gasteiger partial charge on any atom is -0.312 e. The molecule has 0 radical (unpaired) electrons. The number of amides is 1. The van der Waals surface area contributed by atoms with Gasteiger partial charge in [0.1, 0.15) is 5.82 Å². The summed E-state index contributed by atoms with van der Waals surface area (Å²) in [6, 6.07) is 19.0. The third kappa shape index (κ3) is 3.18. The van der Waals surface area contributed by atoms with Gasteiger partial charge in [-0.1, -0.05) is 30.3 Å². The van der Waals surface area contributed by atoms with E-state index in [1.54, 1.807) is 29.6 Å². The van der Waals surface area contributed by atoms with Crippen LogP contribution in [0.4, 0.5) is 11.5 Å². The van der Waals surface area contributed by atoms with Crippen LogP contribution < -0.4 is 4.90 Å². The Morgan fingerprint density at radius 3 is 2.50 bits per heavy atom. The lowest BCUT2D eigenvalue weighted by Crippen LogP contribution is -2.25. The second kappa shape index (κ2) is 6.80. The molecule has 0 atom stereocenters. The summed E-state index contributed by atoms with van der Waals surface area (Å²) in [6.07, 6.45) is 3.38. The molecule has 5 nitrogen and oxygen atoms in total. The fourth-order valence-electron chi connectivity index (χ4n) is 2.56. The van der Waals surface area contributed by atoms with E-state index in [9.17, 15) is 4.79 Å². The van der Waals surface area contributed by atoms with Crippen molar-refractivity contribution in [3.05, 3.63) is 78.2 Å². The van der Waals surface area contributed by atoms with Gasteiger partial charge in [-0.3, -0.25) is 9.69 Å². The third-order valence-electron chi connectivity index (χ3n) is 3.68. The molecule has 0 aliphatic carbocycles. The zero-order valence-electron chi connectivity index (χ0n) is 13.3. The topological polar surface area (TPSA) is 61.9 Å². The molecule has 5 heteroatoms. The van der Waals surface area contributed by atoms with Gasteiger partial charge in [-0.25, -0.2) is 4.98 Å². The molecule has 0 N–H and O–H groups in total. The molecule has 1 amide bonds. The summed E-state index contributed by atoms with van der Waals surface area (Å²) in [5.41, 5.74) is 2.45. The van der Waals surface area contributed by atoms with E-state index in [1.165, 1.54) is 6.92 Å². The number of rotatable bonds is 4. The zero-order chi connectivity index (χ0) is 16.9. The van der Waals surface area contributed by atoms with Crippen molar-refractivity contribution in [1.82, 2.24) is 9.55 Å². The van der Waals surface area contributed by atoms with Crippen LogP contribution in [-0.4, -0.2) is 15.5 Å². The highest BCUT2D eigenvalue weighted by atomic mass is 16.2. The molecule has 0 aliphatic heterocycles. The van der Waals surface area contributed by atoms with Crippen LogP contribution in [0.3, 0.4) is 0 Å². The van der Waals surface area contributed by atoms with Gasteiger partial charge in [-0.15, -0.1) is 0 Å². The van der Waals surface area contributed by atoms with E-state index in [0.29, 0.717) is 17.9 Å². The SMILES string of the molecule is CC(=O)N(c1ccccc1)c1cncn1Cc1ccc(C#N)cc1. The number of benzene rings is 2. The first-order valence-corrected chi connectivity index (χ1v) is 7.54. The van der Waals surface area contributed by atoms with Crippen LogP contribution in [0.15, 0.2) is 67.1 Å². The van der Waals surface area contributed by atoms with Crippen LogP contribution in [0.25, 0.3) is 0 Å². The van der Waals surface area contributed by atoms with Gasteiger partial charge in [0.15, 0.2) is 0 Å². The van der Waals surface area contributed by atoms with Gasteiger partial charge in [0.25, 0.3) is 0 Å². The number of carbonyl (C=O) groups excluding carboxylic acids is 1. The van der Waals surface area contributed by atoms with Crippen LogP contribution >= 0.6 is 0 Å². The van der Waals surface area contributed by atoms with Crippen molar-refractivity contribution < 1.29 is 4.79 Å². The average Bonchev–Trinajstić information content (AvgIpc) is 3.04. The van der Waals surface area contributed by atoms with Gasteiger partial charge in [0.05, 0.1) is 36.4 Å². The number of anilines is 2. The summed E-state index contributed by atoms with van der Waals surface area (Å²) < 4.78 is 1.91. The van der Waals surface area contributed by atoms with Gasteiger partial charge in [0, 0.05) is 6.92 Å². The molecule has 0 spiro atoms. The van der Waals surface area contributed by atoms with Gasteiger partial charge in [-0.2, -0.15) is 5.26 Å². The van der Waals surface area contributed by atoms with E-state index >= 15 is 0 Å². The van der Waals surface area contributed by atoms with E-state index in [-0.39, 0.29) is 5.91 Å². The summed E-state index contributed by atoms with van der Waals surface area (Å²) in [5, 5.41) is 8.88. The van der Waals surface area contributed by atoms with Gasteiger partial charge in [-0.05, 0) is 29.8 Å². The van der Waals surface area contributed by atoms with Crippen LogP contribution in [-0.2, 0) is 11.3 Å². The van der Waals surface area contributed by atoms with Crippen molar-refractivity contribution in [2.45, 2.75) is 13.5 Å². The summed E-state index contributed by atoms with van der Waals surface area (Å²) in [5.74, 6) is 0.626. The van der Waals surface area contributed by atoms with Gasteiger partial charge >= 0.3 is 0 Å².